The summed E-state index contributed by atoms with van der Waals surface area (Å²) in [6.45, 7) is 0. The fourth-order valence-electron chi connectivity index (χ4n) is 4.29. The van der Waals surface area contributed by atoms with Crippen molar-refractivity contribution in [2.24, 2.45) is 4.99 Å². The molecule has 4 rings (SSSR count). The molecule has 2 aliphatic rings. The van der Waals surface area contributed by atoms with Crippen LogP contribution in [0.1, 0.15) is 58.6 Å². The van der Waals surface area contributed by atoms with Gasteiger partial charge in [0.25, 0.3) is 5.24 Å². The Morgan fingerprint density at radius 3 is 2.50 bits per heavy atom. The lowest BCUT2D eigenvalue weighted by molar-refractivity contribution is 0.108. The number of ether oxygens (including phenoxy) is 2. The summed E-state index contributed by atoms with van der Waals surface area (Å²) >= 11 is 5.70. The van der Waals surface area contributed by atoms with Crippen LogP contribution in [0.3, 0.4) is 0 Å². The second-order valence-corrected chi connectivity index (χ2v) is 7.43. The quantitative estimate of drug-likeness (QED) is 0.624. The average molecular weight is 420 g/mol. The third-order valence-corrected chi connectivity index (χ3v) is 5.82. The van der Waals surface area contributed by atoms with Crippen LogP contribution < -0.4 is 9.47 Å². The standard InChI is InChI=1S/C22H22ClNO3.ClH/c1-26-19-11-16-15-8-3-4-9-18(15)24-21(17(16)12-20(19)27-2)13-6-5-7-14(10-13)22(23)25;/h5-7,10-12,15,18H,3-4,8-9H2,1-2H3;1H/t15-,18+;/m0./s1. The monoisotopic (exact) mass is 419 g/mol. The maximum Gasteiger partial charge on any atom is 0.252 e. The van der Waals surface area contributed by atoms with E-state index >= 15 is 0 Å². The highest BCUT2D eigenvalue weighted by molar-refractivity contribution is 6.67. The van der Waals surface area contributed by atoms with Gasteiger partial charge in [0, 0.05) is 22.6 Å². The van der Waals surface area contributed by atoms with Crippen molar-refractivity contribution < 1.29 is 14.3 Å². The number of aliphatic imine (C=N–C) groups is 1. The molecule has 0 saturated heterocycles. The molecule has 1 saturated carbocycles. The average Bonchev–Trinajstić information content (AvgIpc) is 2.72. The zero-order chi connectivity index (χ0) is 19.0. The van der Waals surface area contributed by atoms with Crippen molar-refractivity contribution in [3.63, 3.8) is 0 Å². The Kier molecular flexibility index (Phi) is 6.31. The van der Waals surface area contributed by atoms with Crippen LogP contribution >= 0.6 is 24.0 Å². The fourth-order valence-corrected chi connectivity index (χ4v) is 4.41. The van der Waals surface area contributed by atoms with E-state index in [4.69, 9.17) is 26.1 Å². The lowest BCUT2D eigenvalue weighted by Crippen LogP contribution is -2.29. The normalized spacial score (nSPS) is 20.2. The van der Waals surface area contributed by atoms with Gasteiger partial charge in [0.2, 0.25) is 0 Å². The topological polar surface area (TPSA) is 47.9 Å². The van der Waals surface area contributed by atoms with Gasteiger partial charge in [-0.05, 0) is 48.2 Å². The van der Waals surface area contributed by atoms with Crippen molar-refractivity contribution in [2.45, 2.75) is 37.6 Å². The van der Waals surface area contributed by atoms with Crippen molar-refractivity contribution in [3.05, 3.63) is 58.7 Å². The van der Waals surface area contributed by atoms with E-state index in [2.05, 4.69) is 6.07 Å². The summed E-state index contributed by atoms with van der Waals surface area (Å²) in [5.41, 5.74) is 4.58. The molecule has 148 valence electrons. The van der Waals surface area contributed by atoms with Gasteiger partial charge < -0.3 is 9.47 Å². The van der Waals surface area contributed by atoms with Gasteiger partial charge >= 0.3 is 0 Å². The molecule has 0 radical (unpaired) electrons. The molecule has 1 heterocycles. The minimum Gasteiger partial charge on any atom is -0.493 e. The van der Waals surface area contributed by atoms with Gasteiger partial charge in [-0.3, -0.25) is 9.79 Å². The molecule has 0 amide bonds. The minimum atomic E-state index is -0.462. The van der Waals surface area contributed by atoms with Gasteiger partial charge in [0.15, 0.2) is 11.5 Å². The number of nitrogens with zero attached hydrogens (tertiary/aromatic N) is 1. The van der Waals surface area contributed by atoms with Gasteiger partial charge in [0.05, 0.1) is 26.0 Å². The van der Waals surface area contributed by atoms with Crippen molar-refractivity contribution in [1.82, 2.24) is 0 Å². The molecule has 28 heavy (non-hydrogen) atoms. The first-order valence-corrected chi connectivity index (χ1v) is 9.64. The van der Waals surface area contributed by atoms with Crippen LogP contribution in [-0.2, 0) is 0 Å². The van der Waals surface area contributed by atoms with Gasteiger partial charge in [-0.25, -0.2) is 0 Å². The predicted molar refractivity (Wildman–Crippen MR) is 114 cm³/mol. The number of hydrogen-bond acceptors (Lipinski definition) is 4. The molecule has 2 aromatic carbocycles. The Morgan fingerprint density at radius 2 is 1.79 bits per heavy atom. The Bertz CT molecular complexity index is 926. The zero-order valence-corrected chi connectivity index (χ0v) is 17.5. The first kappa shape index (κ1) is 20.7. The molecule has 4 nitrogen and oxygen atoms in total. The molecule has 1 aliphatic carbocycles. The number of carbonyl (C=O) groups excluding carboxylic acids is 1. The summed E-state index contributed by atoms with van der Waals surface area (Å²) in [7, 11) is 3.30. The van der Waals surface area contributed by atoms with E-state index in [1.807, 2.05) is 24.3 Å². The number of carbonyl (C=O) groups is 1. The van der Waals surface area contributed by atoms with Gasteiger partial charge in [-0.15, -0.1) is 12.4 Å². The van der Waals surface area contributed by atoms with Crippen LogP contribution in [0.5, 0.6) is 11.5 Å². The summed E-state index contributed by atoms with van der Waals surface area (Å²) in [5, 5.41) is -0.462. The second kappa shape index (κ2) is 8.54. The largest absolute Gasteiger partial charge is 0.493 e. The molecule has 1 aliphatic heterocycles. The summed E-state index contributed by atoms with van der Waals surface area (Å²) in [4.78, 5) is 16.7. The Morgan fingerprint density at radius 1 is 1.07 bits per heavy atom. The van der Waals surface area contributed by atoms with Crippen molar-refractivity contribution in [2.75, 3.05) is 14.2 Å². The van der Waals surface area contributed by atoms with E-state index in [1.54, 1.807) is 20.3 Å². The zero-order valence-electron chi connectivity index (χ0n) is 15.9. The molecule has 0 unspecified atom stereocenters. The number of hydrogen-bond donors (Lipinski definition) is 0. The van der Waals surface area contributed by atoms with Gasteiger partial charge in [-0.2, -0.15) is 0 Å². The van der Waals surface area contributed by atoms with Crippen LogP contribution in [0.4, 0.5) is 0 Å². The van der Waals surface area contributed by atoms with Crippen LogP contribution in [0.2, 0.25) is 0 Å². The first-order chi connectivity index (χ1) is 13.1. The molecular formula is C22H23Cl2NO3. The molecule has 0 N–H and O–H groups in total. The number of fused-ring (bicyclic) bond motifs is 3. The Hall–Kier alpha value is -2.04. The molecule has 6 heteroatoms. The highest BCUT2D eigenvalue weighted by atomic mass is 35.5. The number of methoxy groups -OCH3 is 2. The van der Waals surface area contributed by atoms with Crippen LogP contribution in [-0.4, -0.2) is 31.2 Å². The van der Waals surface area contributed by atoms with Crippen LogP contribution in [0.25, 0.3) is 0 Å². The summed E-state index contributed by atoms with van der Waals surface area (Å²) in [6.07, 6.45) is 4.62. The minimum absolute atomic E-state index is 0. The van der Waals surface area contributed by atoms with Crippen LogP contribution in [0.15, 0.2) is 41.4 Å². The molecule has 2 aromatic rings. The van der Waals surface area contributed by atoms with E-state index in [-0.39, 0.29) is 18.4 Å². The first-order valence-electron chi connectivity index (χ1n) is 9.26. The van der Waals surface area contributed by atoms with Crippen molar-refractivity contribution in [1.29, 1.82) is 0 Å². The van der Waals surface area contributed by atoms with Crippen molar-refractivity contribution in [3.8, 4) is 11.5 Å². The van der Waals surface area contributed by atoms with E-state index in [9.17, 15) is 4.79 Å². The fraction of sp³-hybridized carbons (Fsp3) is 0.364. The van der Waals surface area contributed by atoms with Crippen LogP contribution in [0, 0.1) is 0 Å². The van der Waals surface area contributed by atoms with Gasteiger partial charge in [-0.1, -0.05) is 31.0 Å². The maximum absolute atomic E-state index is 11.6. The van der Waals surface area contributed by atoms with Crippen molar-refractivity contribution >= 4 is 35.0 Å². The predicted octanol–water partition coefficient (Wildman–Crippen LogP) is 5.38. The summed E-state index contributed by atoms with van der Waals surface area (Å²) < 4.78 is 11.1. The van der Waals surface area contributed by atoms with E-state index in [0.29, 0.717) is 17.2 Å². The third-order valence-electron chi connectivity index (χ3n) is 5.60. The smallest absolute Gasteiger partial charge is 0.252 e. The highest BCUT2D eigenvalue weighted by Crippen LogP contribution is 2.44. The lowest BCUT2D eigenvalue weighted by atomic mass is 9.75. The molecule has 2 atom stereocenters. The van der Waals surface area contributed by atoms with Gasteiger partial charge in [0.1, 0.15) is 0 Å². The number of benzene rings is 2. The molecule has 0 bridgehead atoms. The SMILES string of the molecule is COc1cc2c(cc1OC)[C@@H]1CCCC[C@H]1N=C2c1cccc(C(=O)Cl)c1.Cl. The molecular weight excluding hydrogens is 397 g/mol. The summed E-state index contributed by atoms with van der Waals surface area (Å²) in [5.74, 6) is 1.82. The lowest BCUT2D eigenvalue weighted by Gasteiger charge is -2.35. The second-order valence-electron chi connectivity index (χ2n) is 7.08. The Balaban J connectivity index is 0.00000225. The molecule has 1 fully saturated rings. The highest BCUT2D eigenvalue weighted by Gasteiger charge is 2.34. The Labute approximate surface area is 176 Å². The van der Waals surface area contributed by atoms with E-state index in [0.717, 1.165) is 35.4 Å². The molecule has 0 spiro atoms. The van der Waals surface area contributed by atoms with E-state index < -0.39 is 5.24 Å². The summed E-state index contributed by atoms with van der Waals surface area (Å²) in [6, 6.07) is 11.7. The number of halogens is 2. The maximum atomic E-state index is 11.6. The third kappa shape index (κ3) is 3.63. The molecule has 0 aromatic heterocycles. The number of rotatable bonds is 4. The van der Waals surface area contributed by atoms with E-state index in [1.165, 1.54) is 18.4 Å².